The van der Waals surface area contributed by atoms with Gasteiger partial charge in [-0.05, 0) is 55.4 Å². The van der Waals surface area contributed by atoms with Gasteiger partial charge in [0.1, 0.15) is 0 Å². The van der Waals surface area contributed by atoms with Crippen LogP contribution in [-0.4, -0.2) is 17.7 Å². The number of fused-ring (bicyclic) bond motifs is 2. The number of nitrogens with one attached hydrogen (secondary N) is 1. The summed E-state index contributed by atoms with van der Waals surface area (Å²) in [6.45, 7) is 0. The van der Waals surface area contributed by atoms with Crippen LogP contribution in [0.5, 0.6) is 0 Å². The number of benzene rings is 1. The van der Waals surface area contributed by atoms with Gasteiger partial charge in [0.05, 0.1) is 5.92 Å². The second-order valence-corrected chi connectivity index (χ2v) is 6.89. The van der Waals surface area contributed by atoms with Crippen LogP contribution in [0, 0.1) is 17.8 Å². The number of alkyl halides is 2. The predicted octanol–water partition coefficient (Wildman–Crippen LogP) is 3.74. The van der Waals surface area contributed by atoms with Crippen LogP contribution in [0.25, 0.3) is 0 Å². The lowest BCUT2D eigenvalue weighted by atomic mass is 9.84. The van der Waals surface area contributed by atoms with E-state index in [0.717, 1.165) is 19.3 Å². The van der Waals surface area contributed by atoms with Gasteiger partial charge in [-0.15, -0.1) is 12.4 Å². The highest BCUT2D eigenvalue weighted by Gasteiger charge is 2.49. The van der Waals surface area contributed by atoms with E-state index < -0.39 is 5.76 Å². The summed E-state index contributed by atoms with van der Waals surface area (Å²) < 4.78 is 24.5. The van der Waals surface area contributed by atoms with E-state index >= 15 is 0 Å². The van der Waals surface area contributed by atoms with Crippen molar-refractivity contribution >= 4 is 35.8 Å². The third kappa shape index (κ3) is 3.55. The zero-order valence-corrected chi connectivity index (χ0v) is 13.5. The van der Waals surface area contributed by atoms with E-state index in [2.05, 4.69) is 5.32 Å². The molecular formula is C15H19ClF2N2OS. The molecule has 0 aromatic heterocycles. The maximum atomic E-state index is 12.4. The standard InChI is InChI=1S/C15H18F2N2OS.ClH/c16-15(17)21-11-5-3-10(4-6-11)19-14(20)12-8-1-2-9(7-8)13(12)18;/h3-6,8-9,12-13,15H,1-2,7,18H2,(H,19,20);1H. The fourth-order valence-corrected chi connectivity index (χ4v) is 4.17. The highest BCUT2D eigenvalue weighted by Crippen LogP contribution is 2.47. The molecule has 1 amide bonds. The molecular weight excluding hydrogens is 330 g/mol. The van der Waals surface area contributed by atoms with Crippen molar-refractivity contribution in [3.63, 3.8) is 0 Å². The molecule has 0 aliphatic heterocycles. The van der Waals surface area contributed by atoms with Crippen molar-refractivity contribution in [2.24, 2.45) is 23.5 Å². The Balaban J connectivity index is 0.00000176. The molecule has 1 aromatic carbocycles. The number of hydrogen-bond acceptors (Lipinski definition) is 3. The third-order valence-corrected chi connectivity index (χ3v) is 5.35. The van der Waals surface area contributed by atoms with Crippen LogP contribution in [0.1, 0.15) is 19.3 Å². The highest BCUT2D eigenvalue weighted by molar-refractivity contribution is 7.99. The average Bonchev–Trinajstić information content (AvgIpc) is 3.01. The molecule has 1 aromatic rings. The summed E-state index contributed by atoms with van der Waals surface area (Å²) in [6.07, 6.45) is 3.28. The Morgan fingerprint density at radius 3 is 2.41 bits per heavy atom. The minimum Gasteiger partial charge on any atom is -0.327 e. The van der Waals surface area contributed by atoms with Gasteiger partial charge >= 0.3 is 0 Å². The molecule has 0 spiro atoms. The lowest BCUT2D eigenvalue weighted by molar-refractivity contribution is -0.121. The van der Waals surface area contributed by atoms with Crippen molar-refractivity contribution in [1.82, 2.24) is 0 Å². The first-order chi connectivity index (χ1) is 10.0. The monoisotopic (exact) mass is 348 g/mol. The number of carbonyl (C=O) groups is 1. The fourth-order valence-electron chi connectivity index (χ4n) is 3.67. The second-order valence-electron chi connectivity index (χ2n) is 5.83. The number of halogens is 3. The summed E-state index contributed by atoms with van der Waals surface area (Å²) in [5, 5.41) is 2.86. The topological polar surface area (TPSA) is 55.1 Å². The summed E-state index contributed by atoms with van der Waals surface area (Å²) in [6, 6.07) is 6.45. The highest BCUT2D eigenvalue weighted by atomic mass is 35.5. The molecule has 4 atom stereocenters. The van der Waals surface area contributed by atoms with E-state index in [0.29, 0.717) is 34.2 Å². The molecule has 0 radical (unpaired) electrons. The van der Waals surface area contributed by atoms with E-state index in [-0.39, 0.29) is 30.3 Å². The first-order valence-corrected chi connectivity index (χ1v) is 8.04. The summed E-state index contributed by atoms with van der Waals surface area (Å²) in [7, 11) is 0. The van der Waals surface area contributed by atoms with Crippen molar-refractivity contribution in [3.8, 4) is 0 Å². The van der Waals surface area contributed by atoms with Crippen LogP contribution in [-0.2, 0) is 4.79 Å². The van der Waals surface area contributed by atoms with Gasteiger partial charge in [0.2, 0.25) is 5.91 Å². The van der Waals surface area contributed by atoms with Gasteiger partial charge in [-0.25, -0.2) is 0 Å². The van der Waals surface area contributed by atoms with Gasteiger partial charge < -0.3 is 11.1 Å². The fraction of sp³-hybridized carbons (Fsp3) is 0.533. The molecule has 2 fully saturated rings. The number of amides is 1. The minimum atomic E-state index is -2.43. The maximum absolute atomic E-state index is 12.4. The van der Waals surface area contributed by atoms with E-state index in [1.165, 1.54) is 0 Å². The Morgan fingerprint density at radius 2 is 1.86 bits per heavy atom. The first-order valence-electron chi connectivity index (χ1n) is 7.16. The first kappa shape index (κ1) is 17.5. The van der Waals surface area contributed by atoms with Gasteiger partial charge in [0.15, 0.2) is 0 Å². The van der Waals surface area contributed by atoms with E-state index in [4.69, 9.17) is 5.73 Å². The molecule has 2 aliphatic rings. The summed E-state index contributed by atoms with van der Waals surface area (Å²) >= 11 is 0.495. The van der Waals surface area contributed by atoms with Crippen molar-refractivity contribution in [3.05, 3.63) is 24.3 Å². The van der Waals surface area contributed by atoms with Crippen LogP contribution in [0.3, 0.4) is 0 Å². The third-order valence-electron chi connectivity index (χ3n) is 4.63. The van der Waals surface area contributed by atoms with Crippen molar-refractivity contribution < 1.29 is 13.6 Å². The van der Waals surface area contributed by atoms with Crippen LogP contribution >= 0.6 is 24.2 Å². The van der Waals surface area contributed by atoms with Gasteiger partial charge in [0, 0.05) is 16.6 Å². The van der Waals surface area contributed by atoms with Crippen LogP contribution in [0.4, 0.5) is 14.5 Å². The van der Waals surface area contributed by atoms with Gasteiger partial charge in [-0.3, -0.25) is 4.79 Å². The SMILES string of the molecule is Cl.NC1C2CCC(C2)C1C(=O)Nc1ccc(SC(F)F)cc1. The van der Waals surface area contributed by atoms with Gasteiger partial charge in [0.25, 0.3) is 5.76 Å². The minimum absolute atomic E-state index is 0. The molecule has 7 heteroatoms. The Hall–Kier alpha value is -0.850. The quantitative estimate of drug-likeness (QED) is 0.815. The Kier molecular flexibility index (Phi) is 5.69. The van der Waals surface area contributed by atoms with E-state index in [9.17, 15) is 13.6 Å². The normalized spacial score (nSPS) is 29.5. The Labute approximate surface area is 138 Å². The van der Waals surface area contributed by atoms with Crippen LogP contribution in [0.15, 0.2) is 29.2 Å². The lowest BCUT2D eigenvalue weighted by Gasteiger charge is -2.27. The summed E-state index contributed by atoms with van der Waals surface area (Å²) in [5.74, 6) is -1.70. The zero-order valence-electron chi connectivity index (χ0n) is 11.9. The number of thioether (sulfide) groups is 1. The molecule has 4 unspecified atom stereocenters. The van der Waals surface area contributed by atoms with E-state index in [1.54, 1.807) is 24.3 Å². The second kappa shape index (κ2) is 7.15. The Bertz CT molecular complexity index is 527. The maximum Gasteiger partial charge on any atom is 0.288 e. The molecule has 2 saturated carbocycles. The van der Waals surface area contributed by atoms with Crippen molar-refractivity contribution in [2.45, 2.75) is 36.0 Å². The van der Waals surface area contributed by atoms with Crippen LogP contribution in [0.2, 0.25) is 0 Å². The number of hydrogen-bond donors (Lipinski definition) is 2. The molecule has 22 heavy (non-hydrogen) atoms. The molecule has 3 nitrogen and oxygen atoms in total. The molecule has 3 N–H and O–H groups in total. The smallest absolute Gasteiger partial charge is 0.288 e. The summed E-state index contributed by atoms with van der Waals surface area (Å²) in [4.78, 5) is 12.8. The number of rotatable bonds is 4. The Morgan fingerprint density at radius 1 is 1.23 bits per heavy atom. The van der Waals surface area contributed by atoms with Crippen molar-refractivity contribution in [2.75, 3.05) is 5.32 Å². The predicted molar refractivity (Wildman–Crippen MR) is 86.5 cm³/mol. The molecule has 0 saturated heterocycles. The lowest BCUT2D eigenvalue weighted by Crippen LogP contribution is -2.42. The van der Waals surface area contributed by atoms with E-state index in [1.807, 2.05) is 0 Å². The molecule has 122 valence electrons. The summed E-state index contributed by atoms with van der Waals surface area (Å²) in [5.41, 5.74) is 6.78. The average molecular weight is 349 g/mol. The van der Waals surface area contributed by atoms with Crippen molar-refractivity contribution in [1.29, 1.82) is 0 Å². The zero-order chi connectivity index (χ0) is 15.0. The van der Waals surface area contributed by atoms with Gasteiger partial charge in [-0.2, -0.15) is 8.78 Å². The largest absolute Gasteiger partial charge is 0.327 e. The molecule has 0 heterocycles. The molecule has 2 aliphatic carbocycles. The number of carbonyl (C=O) groups excluding carboxylic acids is 1. The molecule has 3 rings (SSSR count). The number of nitrogens with two attached hydrogens (primary N) is 1. The molecule has 2 bridgehead atoms. The van der Waals surface area contributed by atoms with Gasteiger partial charge in [-0.1, -0.05) is 11.8 Å². The number of anilines is 1. The van der Waals surface area contributed by atoms with Crippen LogP contribution < -0.4 is 11.1 Å².